The molecule has 0 bridgehead atoms. The second-order valence-corrected chi connectivity index (χ2v) is 5.72. The molecular weight excluding hydrogens is 367 g/mol. The summed E-state index contributed by atoms with van der Waals surface area (Å²) in [4.78, 5) is 35.2. The quantitative estimate of drug-likeness (QED) is 0.644. The summed E-state index contributed by atoms with van der Waals surface area (Å²) in [5.74, 6) is -1.30. The Hall–Kier alpha value is -3.42. The number of carbonyl (C=O) groups excluding carboxylic acids is 3. The molecule has 0 spiro atoms. The molecule has 0 saturated heterocycles. The van der Waals surface area contributed by atoms with Crippen LogP contribution in [0.3, 0.4) is 0 Å². The highest BCUT2D eigenvalue weighted by atomic mass is 19.1. The van der Waals surface area contributed by atoms with E-state index in [1.165, 1.54) is 24.3 Å². The van der Waals surface area contributed by atoms with Crippen molar-refractivity contribution in [1.29, 1.82) is 0 Å². The van der Waals surface area contributed by atoms with Gasteiger partial charge in [0.15, 0.2) is 6.61 Å². The van der Waals surface area contributed by atoms with Crippen molar-refractivity contribution in [3.05, 3.63) is 54.3 Å². The SMILES string of the molecule is CCOc1ccc(NC(=O)CCC(=O)OCC(=O)Nc2ccc(F)cc2)cc1. The number of rotatable bonds is 9. The van der Waals surface area contributed by atoms with Crippen molar-refractivity contribution >= 4 is 29.2 Å². The van der Waals surface area contributed by atoms with Crippen molar-refractivity contribution in [3.63, 3.8) is 0 Å². The first-order chi connectivity index (χ1) is 13.5. The summed E-state index contributed by atoms with van der Waals surface area (Å²) in [5, 5.41) is 5.12. The molecule has 2 rings (SSSR count). The van der Waals surface area contributed by atoms with Gasteiger partial charge < -0.3 is 20.1 Å². The Morgan fingerprint density at radius 1 is 0.857 bits per heavy atom. The van der Waals surface area contributed by atoms with Crippen LogP contribution in [-0.4, -0.2) is 31.0 Å². The normalized spacial score (nSPS) is 10.1. The molecule has 148 valence electrons. The zero-order valence-corrected chi connectivity index (χ0v) is 15.4. The lowest BCUT2D eigenvalue weighted by Crippen LogP contribution is -2.21. The molecule has 0 aliphatic rings. The van der Waals surface area contributed by atoms with E-state index in [9.17, 15) is 18.8 Å². The van der Waals surface area contributed by atoms with Crippen molar-refractivity contribution in [3.8, 4) is 5.75 Å². The zero-order valence-electron chi connectivity index (χ0n) is 15.4. The number of anilines is 2. The molecule has 0 radical (unpaired) electrons. The number of ether oxygens (including phenoxy) is 2. The molecule has 0 aliphatic carbocycles. The maximum atomic E-state index is 12.8. The standard InChI is InChI=1S/C20H21FN2O5/c1-2-27-17-9-7-16(8-10-17)22-18(24)11-12-20(26)28-13-19(25)23-15-5-3-14(21)4-6-15/h3-10H,2,11-13H2,1H3,(H,22,24)(H,23,25). The van der Waals surface area contributed by atoms with Crippen LogP contribution < -0.4 is 15.4 Å². The van der Waals surface area contributed by atoms with E-state index in [0.29, 0.717) is 23.7 Å². The zero-order chi connectivity index (χ0) is 20.4. The van der Waals surface area contributed by atoms with Crippen LogP contribution in [0.2, 0.25) is 0 Å². The molecule has 2 aromatic carbocycles. The Morgan fingerprint density at radius 2 is 1.43 bits per heavy atom. The smallest absolute Gasteiger partial charge is 0.306 e. The fourth-order valence-electron chi connectivity index (χ4n) is 2.19. The second kappa shape index (κ2) is 10.7. The molecule has 0 unspecified atom stereocenters. The summed E-state index contributed by atoms with van der Waals surface area (Å²) >= 11 is 0. The summed E-state index contributed by atoms with van der Waals surface area (Å²) < 4.78 is 22.9. The van der Waals surface area contributed by atoms with Gasteiger partial charge in [-0.05, 0) is 55.5 Å². The molecule has 8 heteroatoms. The van der Waals surface area contributed by atoms with Gasteiger partial charge in [0.2, 0.25) is 5.91 Å². The number of hydrogen-bond donors (Lipinski definition) is 2. The Bertz CT molecular complexity index is 806. The van der Waals surface area contributed by atoms with Gasteiger partial charge in [-0.15, -0.1) is 0 Å². The summed E-state index contributed by atoms with van der Waals surface area (Å²) in [7, 11) is 0. The van der Waals surface area contributed by atoms with Crippen LogP contribution in [-0.2, 0) is 19.1 Å². The van der Waals surface area contributed by atoms with E-state index in [-0.39, 0.29) is 18.7 Å². The molecule has 0 aliphatic heterocycles. The van der Waals surface area contributed by atoms with Crippen molar-refractivity contribution in [1.82, 2.24) is 0 Å². The predicted molar refractivity (Wildman–Crippen MR) is 101 cm³/mol. The van der Waals surface area contributed by atoms with E-state index < -0.39 is 24.3 Å². The minimum Gasteiger partial charge on any atom is -0.494 e. The number of benzene rings is 2. The summed E-state index contributed by atoms with van der Waals surface area (Å²) in [6.07, 6.45) is -0.238. The van der Waals surface area contributed by atoms with Crippen LogP contribution in [0, 0.1) is 5.82 Å². The van der Waals surface area contributed by atoms with Gasteiger partial charge in [-0.25, -0.2) is 4.39 Å². The number of amides is 2. The van der Waals surface area contributed by atoms with Crippen LogP contribution in [0.5, 0.6) is 5.75 Å². The van der Waals surface area contributed by atoms with E-state index in [0.717, 1.165) is 0 Å². The van der Waals surface area contributed by atoms with Crippen molar-refractivity contribution in [2.75, 3.05) is 23.8 Å². The Labute approximate surface area is 161 Å². The summed E-state index contributed by atoms with van der Waals surface area (Å²) in [5.41, 5.74) is 0.970. The third-order valence-electron chi connectivity index (χ3n) is 3.50. The molecular formula is C20H21FN2O5. The monoisotopic (exact) mass is 388 g/mol. The minimum absolute atomic E-state index is 0.0778. The first-order valence-electron chi connectivity index (χ1n) is 8.70. The van der Waals surface area contributed by atoms with Gasteiger partial charge in [0, 0.05) is 17.8 Å². The van der Waals surface area contributed by atoms with Gasteiger partial charge in [0.1, 0.15) is 11.6 Å². The average Bonchev–Trinajstić information content (AvgIpc) is 2.68. The third-order valence-corrected chi connectivity index (χ3v) is 3.50. The molecule has 0 aromatic heterocycles. The van der Waals surface area contributed by atoms with Gasteiger partial charge in [-0.2, -0.15) is 0 Å². The number of hydrogen-bond acceptors (Lipinski definition) is 5. The fourth-order valence-corrected chi connectivity index (χ4v) is 2.19. The van der Waals surface area contributed by atoms with Gasteiger partial charge >= 0.3 is 5.97 Å². The highest BCUT2D eigenvalue weighted by Crippen LogP contribution is 2.16. The lowest BCUT2D eigenvalue weighted by molar-refractivity contribution is -0.147. The number of halogens is 1. The van der Waals surface area contributed by atoms with Crippen LogP contribution in [0.25, 0.3) is 0 Å². The largest absolute Gasteiger partial charge is 0.494 e. The first kappa shape index (κ1) is 20.9. The number of esters is 1. The third kappa shape index (κ3) is 7.45. The molecule has 2 N–H and O–H groups in total. The molecule has 0 fully saturated rings. The van der Waals surface area contributed by atoms with E-state index in [1.54, 1.807) is 24.3 Å². The lowest BCUT2D eigenvalue weighted by Gasteiger charge is -2.08. The molecule has 0 saturated carbocycles. The molecule has 0 heterocycles. The molecule has 7 nitrogen and oxygen atoms in total. The Kier molecular flexibility index (Phi) is 7.95. The summed E-state index contributed by atoms with van der Waals surface area (Å²) in [6.45, 7) is 1.94. The summed E-state index contributed by atoms with van der Waals surface area (Å²) in [6, 6.07) is 12.0. The van der Waals surface area contributed by atoms with E-state index in [2.05, 4.69) is 10.6 Å². The van der Waals surface area contributed by atoms with Crippen LogP contribution in [0.4, 0.5) is 15.8 Å². The molecule has 2 aromatic rings. The van der Waals surface area contributed by atoms with Gasteiger partial charge in [0.25, 0.3) is 5.91 Å². The molecule has 28 heavy (non-hydrogen) atoms. The predicted octanol–water partition coefficient (Wildman–Crippen LogP) is 3.13. The van der Waals surface area contributed by atoms with Crippen molar-refractivity contribution in [2.24, 2.45) is 0 Å². The van der Waals surface area contributed by atoms with Crippen LogP contribution in [0.15, 0.2) is 48.5 Å². The second-order valence-electron chi connectivity index (χ2n) is 5.72. The highest BCUT2D eigenvalue weighted by molar-refractivity contribution is 5.94. The van der Waals surface area contributed by atoms with Crippen molar-refractivity contribution < 1.29 is 28.2 Å². The first-order valence-corrected chi connectivity index (χ1v) is 8.70. The van der Waals surface area contributed by atoms with Crippen molar-refractivity contribution in [2.45, 2.75) is 19.8 Å². The Balaban J connectivity index is 1.66. The molecule has 2 amide bonds. The van der Waals surface area contributed by atoms with Gasteiger partial charge in [-0.3, -0.25) is 14.4 Å². The lowest BCUT2D eigenvalue weighted by atomic mass is 10.2. The topological polar surface area (TPSA) is 93.7 Å². The van der Waals surface area contributed by atoms with Crippen LogP contribution >= 0.6 is 0 Å². The molecule has 0 atom stereocenters. The fraction of sp³-hybridized carbons (Fsp3) is 0.250. The number of nitrogens with one attached hydrogen (secondary N) is 2. The van der Waals surface area contributed by atoms with Gasteiger partial charge in [-0.1, -0.05) is 0 Å². The maximum Gasteiger partial charge on any atom is 0.306 e. The van der Waals surface area contributed by atoms with Gasteiger partial charge in [0.05, 0.1) is 13.0 Å². The average molecular weight is 388 g/mol. The van der Waals surface area contributed by atoms with E-state index >= 15 is 0 Å². The van der Waals surface area contributed by atoms with E-state index in [1.807, 2.05) is 6.92 Å². The minimum atomic E-state index is -0.670. The number of carbonyl (C=O) groups is 3. The van der Waals surface area contributed by atoms with Crippen LogP contribution in [0.1, 0.15) is 19.8 Å². The highest BCUT2D eigenvalue weighted by Gasteiger charge is 2.11. The van der Waals surface area contributed by atoms with E-state index in [4.69, 9.17) is 9.47 Å². The Morgan fingerprint density at radius 3 is 2.04 bits per heavy atom. The maximum absolute atomic E-state index is 12.8.